The average molecular weight is 310 g/mol. The van der Waals surface area contributed by atoms with Gasteiger partial charge in [0.05, 0.1) is 6.20 Å². The van der Waals surface area contributed by atoms with Crippen molar-refractivity contribution >= 4 is 11.8 Å². The number of nitrogens with one attached hydrogen (secondary N) is 2. The van der Waals surface area contributed by atoms with E-state index in [1.807, 2.05) is 18.3 Å². The number of hydrogen-bond acceptors (Lipinski definition) is 6. The van der Waals surface area contributed by atoms with E-state index in [1.165, 1.54) is 25.7 Å². The molecule has 0 unspecified atom stereocenters. The smallest absolute Gasteiger partial charge is 0.244 e. The van der Waals surface area contributed by atoms with Gasteiger partial charge in [0.15, 0.2) is 5.82 Å². The lowest BCUT2D eigenvalue weighted by Gasteiger charge is -2.13. The van der Waals surface area contributed by atoms with Crippen LogP contribution in [0.15, 0.2) is 42.4 Å². The van der Waals surface area contributed by atoms with Crippen molar-refractivity contribution in [3.05, 3.63) is 47.9 Å². The van der Waals surface area contributed by atoms with E-state index in [0.717, 1.165) is 18.5 Å². The van der Waals surface area contributed by atoms with Gasteiger partial charge in [-0.3, -0.25) is 4.98 Å². The van der Waals surface area contributed by atoms with E-state index in [2.05, 4.69) is 36.9 Å². The summed E-state index contributed by atoms with van der Waals surface area (Å²) in [5.41, 5.74) is 2.65. The fraction of sp³-hybridized carbons (Fsp3) is 0.412. The van der Waals surface area contributed by atoms with Crippen molar-refractivity contribution in [2.45, 2.75) is 38.6 Å². The third-order valence-electron chi connectivity index (χ3n) is 3.87. The number of nitrogens with zero attached hydrogens (tertiary/aromatic N) is 4. The third kappa shape index (κ3) is 5.02. The van der Waals surface area contributed by atoms with Crippen molar-refractivity contribution < 1.29 is 0 Å². The predicted octanol–water partition coefficient (Wildman–Crippen LogP) is 3.18. The molecule has 23 heavy (non-hydrogen) atoms. The Balaban J connectivity index is 1.48. The molecule has 0 saturated carbocycles. The monoisotopic (exact) mass is 310 g/mol. The summed E-state index contributed by atoms with van der Waals surface area (Å²) in [5.74, 6) is 1.28. The Labute approximate surface area is 136 Å². The first-order valence-electron chi connectivity index (χ1n) is 8.14. The molecule has 0 amide bonds. The standard InChI is InChI=1S/C17H22N6/c1-2-5-14(6-3-1)8-10-19-17-22-16(13-21-23-17)20-12-15-7-4-9-18-11-15/h4-5,7,9,11,13H,1-3,6,8,10,12H2,(H2,19,20,22,23). The molecule has 1 aliphatic rings. The van der Waals surface area contributed by atoms with E-state index in [-0.39, 0.29) is 0 Å². The van der Waals surface area contributed by atoms with Crippen LogP contribution in [0, 0.1) is 0 Å². The summed E-state index contributed by atoms with van der Waals surface area (Å²) in [6.07, 6.45) is 13.7. The summed E-state index contributed by atoms with van der Waals surface area (Å²) in [7, 11) is 0. The maximum Gasteiger partial charge on any atom is 0.244 e. The zero-order chi connectivity index (χ0) is 15.7. The lowest BCUT2D eigenvalue weighted by Crippen LogP contribution is -2.10. The Kier molecular flexibility index (Phi) is 5.50. The van der Waals surface area contributed by atoms with Crippen LogP contribution in [0.25, 0.3) is 0 Å². The van der Waals surface area contributed by atoms with Crippen molar-refractivity contribution in [1.82, 2.24) is 20.2 Å². The molecule has 0 bridgehead atoms. The van der Waals surface area contributed by atoms with Gasteiger partial charge >= 0.3 is 0 Å². The van der Waals surface area contributed by atoms with E-state index in [4.69, 9.17) is 0 Å². The van der Waals surface area contributed by atoms with E-state index in [1.54, 1.807) is 18.0 Å². The minimum absolute atomic E-state index is 0.567. The molecule has 6 nitrogen and oxygen atoms in total. The number of aromatic nitrogens is 4. The number of hydrogen-bond donors (Lipinski definition) is 2. The molecule has 0 radical (unpaired) electrons. The third-order valence-corrected chi connectivity index (χ3v) is 3.87. The maximum atomic E-state index is 4.43. The van der Waals surface area contributed by atoms with Crippen LogP contribution >= 0.6 is 0 Å². The number of pyridine rings is 1. The van der Waals surface area contributed by atoms with Gasteiger partial charge in [-0.1, -0.05) is 17.7 Å². The van der Waals surface area contributed by atoms with Crippen molar-refractivity contribution in [3.63, 3.8) is 0 Å². The Bertz CT molecular complexity index is 641. The van der Waals surface area contributed by atoms with Gasteiger partial charge < -0.3 is 10.6 Å². The minimum atomic E-state index is 0.567. The highest BCUT2D eigenvalue weighted by Crippen LogP contribution is 2.19. The van der Waals surface area contributed by atoms with Gasteiger partial charge in [0, 0.05) is 25.5 Å². The van der Waals surface area contributed by atoms with Crippen LogP contribution in [-0.2, 0) is 6.54 Å². The first-order valence-corrected chi connectivity index (χ1v) is 8.14. The van der Waals surface area contributed by atoms with Gasteiger partial charge in [-0.2, -0.15) is 10.1 Å². The molecule has 0 aromatic carbocycles. The van der Waals surface area contributed by atoms with Crippen molar-refractivity contribution in [3.8, 4) is 0 Å². The fourth-order valence-corrected chi connectivity index (χ4v) is 2.63. The minimum Gasteiger partial charge on any atom is -0.364 e. The number of allylic oxidation sites excluding steroid dienone is 1. The van der Waals surface area contributed by atoms with E-state index < -0.39 is 0 Å². The van der Waals surface area contributed by atoms with Crippen LogP contribution in [0.5, 0.6) is 0 Å². The lowest BCUT2D eigenvalue weighted by atomic mass is 9.97. The molecule has 0 fully saturated rings. The van der Waals surface area contributed by atoms with Crippen molar-refractivity contribution in [1.29, 1.82) is 0 Å². The SMILES string of the molecule is C1=C(CCNc2nncc(NCc3cccnc3)n2)CCCC1. The van der Waals surface area contributed by atoms with Gasteiger partial charge in [-0.15, -0.1) is 5.10 Å². The molecule has 2 aromatic rings. The quantitative estimate of drug-likeness (QED) is 0.765. The van der Waals surface area contributed by atoms with Gasteiger partial charge in [-0.25, -0.2) is 0 Å². The van der Waals surface area contributed by atoms with Gasteiger partial charge in [0.1, 0.15) is 0 Å². The Hall–Kier alpha value is -2.50. The average Bonchev–Trinajstić information content (AvgIpc) is 2.62. The largest absolute Gasteiger partial charge is 0.364 e. The van der Waals surface area contributed by atoms with E-state index >= 15 is 0 Å². The Morgan fingerprint density at radius 3 is 2.96 bits per heavy atom. The van der Waals surface area contributed by atoms with E-state index in [9.17, 15) is 0 Å². The van der Waals surface area contributed by atoms with Crippen LogP contribution in [-0.4, -0.2) is 26.7 Å². The first kappa shape index (κ1) is 15.4. The number of anilines is 2. The van der Waals surface area contributed by atoms with Crippen LogP contribution in [0.3, 0.4) is 0 Å². The van der Waals surface area contributed by atoms with Gasteiger partial charge in [0.25, 0.3) is 0 Å². The van der Waals surface area contributed by atoms with Crippen LogP contribution in [0.1, 0.15) is 37.7 Å². The fourth-order valence-electron chi connectivity index (χ4n) is 2.63. The van der Waals surface area contributed by atoms with Gasteiger partial charge in [0.2, 0.25) is 5.95 Å². The predicted molar refractivity (Wildman–Crippen MR) is 91.0 cm³/mol. The molecule has 0 aliphatic heterocycles. The summed E-state index contributed by atoms with van der Waals surface area (Å²) in [5, 5.41) is 14.5. The van der Waals surface area contributed by atoms with Crippen molar-refractivity contribution in [2.75, 3.05) is 17.2 Å². The van der Waals surface area contributed by atoms with Crippen molar-refractivity contribution in [2.24, 2.45) is 0 Å². The molecule has 0 atom stereocenters. The summed E-state index contributed by atoms with van der Waals surface area (Å²) in [6, 6.07) is 3.94. The second kappa shape index (κ2) is 8.22. The summed E-state index contributed by atoms with van der Waals surface area (Å²) >= 11 is 0. The van der Waals surface area contributed by atoms with Crippen LogP contribution in [0.4, 0.5) is 11.8 Å². The molecule has 6 heteroatoms. The van der Waals surface area contributed by atoms with E-state index in [0.29, 0.717) is 18.3 Å². The van der Waals surface area contributed by atoms with Gasteiger partial charge in [-0.05, 0) is 43.7 Å². The van der Waals surface area contributed by atoms with Crippen LogP contribution in [0.2, 0.25) is 0 Å². The lowest BCUT2D eigenvalue weighted by molar-refractivity contribution is 0.678. The molecule has 2 N–H and O–H groups in total. The first-order chi connectivity index (χ1) is 11.4. The zero-order valence-electron chi connectivity index (χ0n) is 13.2. The molecule has 2 aromatic heterocycles. The highest BCUT2D eigenvalue weighted by atomic mass is 15.3. The molecule has 2 heterocycles. The Morgan fingerprint density at radius 1 is 1.13 bits per heavy atom. The molecule has 120 valence electrons. The molecular formula is C17H22N6. The molecule has 3 rings (SSSR count). The zero-order valence-corrected chi connectivity index (χ0v) is 13.2. The molecule has 0 spiro atoms. The molecule has 0 saturated heterocycles. The highest BCUT2D eigenvalue weighted by Gasteiger charge is 2.04. The molecular weight excluding hydrogens is 288 g/mol. The maximum absolute atomic E-state index is 4.43. The Morgan fingerprint density at radius 2 is 2.13 bits per heavy atom. The second-order valence-corrected chi connectivity index (χ2v) is 5.66. The summed E-state index contributed by atoms with van der Waals surface area (Å²) < 4.78 is 0. The topological polar surface area (TPSA) is 75.6 Å². The number of rotatable bonds is 7. The highest BCUT2D eigenvalue weighted by molar-refractivity contribution is 5.37. The normalized spacial score (nSPS) is 14.2. The molecule has 1 aliphatic carbocycles. The van der Waals surface area contributed by atoms with Crippen LogP contribution < -0.4 is 10.6 Å². The summed E-state index contributed by atoms with van der Waals surface area (Å²) in [4.78, 5) is 8.53. The summed E-state index contributed by atoms with van der Waals surface area (Å²) in [6.45, 7) is 1.51. The second-order valence-electron chi connectivity index (χ2n) is 5.66.